The molecule has 204 valence electrons. The van der Waals surface area contributed by atoms with Gasteiger partial charge in [-0.2, -0.15) is 0 Å². The first-order valence-electron chi connectivity index (χ1n) is 14.9. The van der Waals surface area contributed by atoms with Crippen molar-refractivity contribution in [1.29, 1.82) is 0 Å². The largest absolute Gasteiger partial charge is 0.104 e. The molecule has 4 rings (SSSR count). The van der Waals surface area contributed by atoms with Crippen molar-refractivity contribution in [3.8, 4) is 0 Å². The average Bonchev–Trinajstić information content (AvgIpc) is 3.61. The standard InChI is InChI=1S/C36H52Si2/c1-23-24(2)28(6)35(27(23)5)37(9,10)33-19-17-31(21-33)15-13-14-16-32-18-20-34(22-32)38(11,12)36-29(7)25(3)26(4)30(36)8/h13-14,17-18,21-22,27,29H,15-16,19-20H2,1-12H3/b14-13+. The molecule has 2 atom stereocenters. The van der Waals surface area contributed by atoms with Crippen LogP contribution in [0.2, 0.25) is 26.2 Å². The predicted octanol–water partition coefficient (Wildman–Crippen LogP) is 11.0. The van der Waals surface area contributed by atoms with E-state index in [2.05, 4.69) is 118 Å². The van der Waals surface area contributed by atoms with Crippen molar-refractivity contribution in [2.75, 3.05) is 0 Å². The predicted molar refractivity (Wildman–Crippen MR) is 175 cm³/mol. The van der Waals surface area contributed by atoms with Crippen LogP contribution in [0.15, 0.2) is 102 Å². The van der Waals surface area contributed by atoms with Gasteiger partial charge in [0, 0.05) is 0 Å². The molecule has 0 bridgehead atoms. The van der Waals surface area contributed by atoms with Crippen LogP contribution in [0.1, 0.15) is 81.1 Å². The minimum absolute atomic E-state index is 0.619. The van der Waals surface area contributed by atoms with Gasteiger partial charge in [-0.15, -0.1) is 0 Å². The van der Waals surface area contributed by atoms with E-state index in [4.69, 9.17) is 0 Å². The van der Waals surface area contributed by atoms with Crippen LogP contribution in [0.4, 0.5) is 0 Å². The van der Waals surface area contributed by atoms with Crippen LogP contribution >= 0.6 is 0 Å². The van der Waals surface area contributed by atoms with E-state index in [-0.39, 0.29) is 0 Å². The lowest BCUT2D eigenvalue weighted by Crippen LogP contribution is -2.35. The van der Waals surface area contributed by atoms with E-state index in [0.717, 1.165) is 25.7 Å². The molecule has 0 saturated carbocycles. The Labute approximate surface area is 236 Å². The Kier molecular flexibility index (Phi) is 8.10. The monoisotopic (exact) mass is 540 g/mol. The van der Waals surface area contributed by atoms with E-state index in [9.17, 15) is 0 Å². The molecule has 38 heavy (non-hydrogen) atoms. The summed E-state index contributed by atoms with van der Waals surface area (Å²) in [6.45, 7) is 29.2. The van der Waals surface area contributed by atoms with Crippen LogP contribution in [0, 0.1) is 11.8 Å². The molecule has 4 aliphatic carbocycles. The van der Waals surface area contributed by atoms with Crippen molar-refractivity contribution >= 4 is 16.1 Å². The van der Waals surface area contributed by atoms with E-state index >= 15 is 0 Å². The van der Waals surface area contributed by atoms with Gasteiger partial charge in [-0.05, 0) is 101 Å². The number of hydrogen-bond acceptors (Lipinski definition) is 0. The third-order valence-corrected chi connectivity index (χ3v) is 19.2. The van der Waals surface area contributed by atoms with Crippen molar-refractivity contribution in [1.82, 2.24) is 0 Å². The minimum atomic E-state index is -1.61. The Morgan fingerprint density at radius 3 is 1.24 bits per heavy atom. The van der Waals surface area contributed by atoms with Crippen LogP contribution in [0.3, 0.4) is 0 Å². The highest BCUT2D eigenvalue weighted by atomic mass is 28.3. The molecule has 0 amide bonds. The van der Waals surface area contributed by atoms with Gasteiger partial charge in [0.05, 0.1) is 0 Å². The molecule has 0 heterocycles. The normalized spacial score (nSPS) is 24.9. The highest BCUT2D eigenvalue weighted by Crippen LogP contribution is 2.46. The Morgan fingerprint density at radius 2 is 0.947 bits per heavy atom. The first kappa shape index (κ1) is 29.1. The summed E-state index contributed by atoms with van der Waals surface area (Å²) in [5.41, 5.74) is 12.5. The molecule has 0 aromatic heterocycles. The van der Waals surface area contributed by atoms with Crippen molar-refractivity contribution in [3.63, 3.8) is 0 Å². The first-order chi connectivity index (χ1) is 17.7. The highest BCUT2D eigenvalue weighted by Gasteiger charge is 2.40. The number of rotatable bonds is 8. The fraction of sp³-hybridized carbons (Fsp3) is 0.500. The molecule has 2 unspecified atom stereocenters. The summed E-state index contributed by atoms with van der Waals surface area (Å²) in [5.74, 6) is 1.24. The second-order valence-electron chi connectivity index (χ2n) is 13.6. The third-order valence-electron chi connectivity index (χ3n) is 11.0. The summed E-state index contributed by atoms with van der Waals surface area (Å²) in [6.07, 6.45) is 19.4. The molecule has 0 aromatic carbocycles. The van der Waals surface area contributed by atoms with Gasteiger partial charge in [0.25, 0.3) is 0 Å². The van der Waals surface area contributed by atoms with Crippen molar-refractivity contribution in [2.24, 2.45) is 11.8 Å². The topological polar surface area (TPSA) is 0 Å². The smallest absolute Gasteiger partial charge is 0.0838 e. The molecular weight excluding hydrogens is 489 g/mol. The Bertz CT molecular complexity index is 1220. The molecule has 0 saturated heterocycles. The SMILES string of the molecule is CC1=C(C)C(C)C([Si](C)(C)C2=CC(C/C=C/CC3=CCC([Si](C)(C)C4=C(C)C(C)=C(C)C4C)=C3)=CC2)=C1C. The maximum absolute atomic E-state index is 2.58. The molecule has 0 nitrogen and oxygen atoms in total. The van der Waals surface area contributed by atoms with Crippen molar-refractivity contribution in [2.45, 2.75) is 107 Å². The molecule has 2 heteroatoms. The van der Waals surface area contributed by atoms with Gasteiger partial charge in [-0.25, -0.2) is 0 Å². The summed E-state index contributed by atoms with van der Waals surface area (Å²) in [6, 6.07) is 0. The summed E-state index contributed by atoms with van der Waals surface area (Å²) < 4.78 is 0. The zero-order valence-electron chi connectivity index (χ0n) is 26.4. The average molecular weight is 541 g/mol. The second-order valence-corrected chi connectivity index (χ2v) is 22.4. The van der Waals surface area contributed by atoms with Crippen LogP contribution in [0.5, 0.6) is 0 Å². The van der Waals surface area contributed by atoms with Crippen LogP contribution in [-0.2, 0) is 0 Å². The van der Waals surface area contributed by atoms with Crippen LogP contribution in [0.25, 0.3) is 0 Å². The fourth-order valence-corrected chi connectivity index (χ4v) is 15.7. The summed E-state index contributed by atoms with van der Waals surface area (Å²) in [7, 11) is -3.22. The van der Waals surface area contributed by atoms with Gasteiger partial charge < -0.3 is 0 Å². The van der Waals surface area contributed by atoms with Crippen LogP contribution in [-0.4, -0.2) is 16.1 Å². The van der Waals surface area contributed by atoms with Gasteiger partial charge >= 0.3 is 0 Å². The van der Waals surface area contributed by atoms with Gasteiger partial charge in [-0.3, -0.25) is 0 Å². The van der Waals surface area contributed by atoms with Gasteiger partial charge in [0.15, 0.2) is 0 Å². The molecule has 0 aliphatic heterocycles. The molecule has 4 aliphatic rings. The number of hydrogen-bond donors (Lipinski definition) is 0. The molecule has 0 spiro atoms. The minimum Gasteiger partial charge on any atom is -0.0838 e. The van der Waals surface area contributed by atoms with Gasteiger partial charge in [0.2, 0.25) is 0 Å². The molecule has 0 fully saturated rings. The molecule has 0 radical (unpaired) electrons. The third kappa shape index (κ3) is 4.92. The van der Waals surface area contributed by atoms with E-state index < -0.39 is 16.1 Å². The summed E-state index contributed by atoms with van der Waals surface area (Å²) in [4.78, 5) is 0. The lowest BCUT2D eigenvalue weighted by atomic mass is 10.1. The maximum Gasteiger partial charge on any atom is 0.104 e. The van der Waals surface area contributed by atoms with Crippen LogP contribution < -0.4 is 0 Å². The Balaban J connectivity index is 1.36. The lowest BCUT2D eigenvalue weighted by molar-refractivity contribution is 0.847. The zero-order valence-corrected chi connectivity index (χ0v) is 28.4. The fourth-order valence-electron chi connectivity index (χ4n) is 7.85. The van der Waals surface area contributed by atoms with E-state index in [1.54, 1.807) is 54.2 Å². The van der Waals surface area contributed by atoms with Crippen molar-refractivity contribution < 1.29 is 0 Å². The Morgan fingerprint density at radius 1 is 0.605 bits per heavy atom. The van der Waals surface area contributed by atoms with E-state index in [1.165, 1.54) is 11.1 Å². The first-order valence-corrected chi connectivity index (χ1v) is 20.9. The molecule has 0 aromatic rings. The lowest BCUT2D eigenvalue weighted by Gasteiger charge is -2.31. The second kappa shape index (κ2) is 10.6. The van der Waals surface area contributed by atoms with E-state index in [1.807, 2.05) is 0 Å². The quantitative estimate of drug-likeness (QED) is 0.212. The highest BCUT2D eigenvalue weighted by molar-refractivity contribution is 6.91. The molecule has 0 N–H and O–H groups in total. The summed E-state index contributed by atoms with van der Waals surface area (Å²) >= 11 is 0. The number of allylic oxidation sites excluding steroid dienone is 18. The summed E-state index contributed by atoms with van der Waals surface area (Å²) in [5, 5.41) is 6.97. The van der Waals surface area contributed by atoms with Gasteiger partial charge in [0.1, 0.15) is 16.1 Å². The van der Waals surface area contributed by atoms with Gasteiger partial charge in [-0.1, -0.05) is 120 Å². The van der Waals surface area contributed by atoms with Crippen molar-refractivity contribution in [3.05, 3.63) is 102 Å². The maximum atomic E-state index is 2.58. The zero-order chi connectivity index (χ0) is 28.2. The van der Waals surface area contributed by atoms with E-state index in [0.29, 0.717) is 11.8 Å². The Hall–Kier alpha value is -1.91. The molecular formula is C36H52Si2.